The minimum atomic E-state index is -3.71. The van der Waals surface area contributed by atoms with Crippen LogP contribution >= 0.6 is 0 Å². The maximum atomic E-state index is 13.0. The van der Waals surface area contributed by atoms with Crippen molar-refractivity contribution in [2.45, 2.75) is 32.4 Å². The van der Waals surface area contributed by atoms with Gasteiger partial charge in [0.15, 0.2) is 0 Å². The van der Waals surface area contributed by atoms with Gasteiger partial charge < -0.3 is 10.1 Å². The molecule has 3 rings (SSSR count). The fourth-order valence-corrected chi connectivity index (χ4v) is 4.67. The average molecular weight is 453 g/mol. The van der Waals surface area contributed by atoms with E-state index in [0.29, 0.717) is 23.6 Å². The van der Waals surface area contributed by atoms with Crippen LogP contribution in [-0.4, -0.2) is 26.6 Å². The van der Waals surface area contributed by atoms with E-state index in [1.54, 1.807) is 31.2 Å². The molecule has 32 heavy (non-hydrogen) atoms. The number of sulfonamides is 1. The number of benzene rings is 3. The van der Waals surface area contributed by atoms with Gasteiger partial charge in [0.1, 0.15) is 17.5 Å². The third-order valence-corrected chi connectivity index (χ3v) is 6.33. The van der Waals surface area contributed by atoms with Gasteiger partial charge in [-0.3, -0.25) is 9.10 Å². The Morgan fingerprint density at radius 2 is 1.44 bits per heavy atom. The Morgan fingerprint density at radius 3 is 1.97 bits per heavy atom. The van der Waals surface area contributed by atoms with Gasteiger partial charge in [-0.2, -0.15) is 0 Å². The van der Waals surface area contributed by atoms with Crippen molar-refractivity contribution < 1.29 is 17.9 Å². The molecule has 0 aromatic heterocycles. The van der Waals surface area contributed by atoms with E-state index in [1.807, 2.05) is 67.6 Å². The lowest BCUT2D eigenvalue weighted by molar-refractivity contribution is -0.122. The Kier molecular flexibility index (Phi) is 7.53. The van der Waals surface area contributed by atoms with Gasteiger partial charge in [-0.15, -0.1) is 0 Å². The minimum Gasteiger partial charge on any atom is -0.457 e. The predicted octanol–water partition coefficient (Wildman–Crippen LogP) is 4.90. The van der Waals surface area contributed by atoms with Crippen molar-refractivity contribution in [3.8, 4) is 11.5 Å². The number of para-hydroxylation sites is 1. The third-order valence-electron chi connectivity index (χ3n) is 5.09. The van der Waals surface area contributed by atoms with Gasteiger partial charge in [0, 0.05) is 0 Å². The number of carbonyl (C=O) groups excluding carboxylic acids is 1. The van der Waals surface area contributed by atoms with E-state index in [9.17, 15) is 13.2 Å². The van der Waals surface area contributed by atoms with E-state index in [1.165, 1.54) is 0 Å². The number of rotatable bonds is 9. The molecular weight excluding hydrogens is 424 g/mol. The van der Waals surface area contributed by atoms with Crippen LogP contribution < -0.4 is 14.4 Å². The van der Waals surface area contributed by atoms with Gasteiger partial charge in [-0.1, -0.05) is 55.5 Å². The molecule has 1 amide bonds. The van der Waals surface area contributed by atoms with E-state index < -0.39 is 16.1 Å². The molecule has 3 aromatic carbocycles. The summed E-state index contributed by atoms with van der Waals surface area (Å²) in [5, 5.41) is 2.98. The fraction of sp³-hybridized carbons (Fsp3) is 0.240. The van der Waals surface area contributed by atoms with E-state index in [2.05, 4.69) is 5.32 Å². The molecule has 0 saturated heterocycles. The van der Waals surface area contributed by atoms with Gasteiger partial charge in [0.25, 0.3) is 0 Å². The van der Waals surface area contributed by atoms with Crippen molar-refractivity contribution in [2.75, 3.05) is 10.6 Å². The summed E-state index contributed by atoms with van der Waals surface area (Å²) in [6.07, 6.45) is 1.78. The van der Waals surface area contributed by atoms with Crippen LogP contribution in [0.5, 0.6) is 11.5 Å². The fourth-order valence-electron chi connectivity index (χ4n) is 3.49. The molecular formula is C25H28N2O4S. The summed E-state index contributed by atoms with van der Waals surface area (Å²) in [5.74, 6) is 0.885. The normalized spacial score (nSPS) is 13.1. The first-order valence-corrected chi connectivity index (χ1v) is 12.3. The number of anilines is 1. The lowest BCUT2D eigenvalue weighted by atomic mass is 10.0. The largest absolute Gasteiger partial charge is 0.457 e. The lowest BCUT2D eigenvalue weighted by Gasteiger charge is -2.30. The van der Waals surface area contributed by atoms with Crippen LogP contribution in [0.15, 0.2) is 84.9 Å². The van der Waals surface area contributed by atoms with Gasteiger partial charge in [-0.25, -0.2) is 8.42 Å². The van der Waals surface area contributed by atoms with Crippen LogP contribution in [0, 0.1) is 0 Å². The second-order valence-electron chi connectivity index (χ2n) is 7.52. The first kappa shape index (κ1) is 23.3. The van der Waals surface area contributed by atoms with Crippen molar-refractivity contribution in [3.63, 3.8) is 0 Å². The highest BCUT2D eigenvalue weighted by Crippen LogP contribution is 2.27. The third kappa shape index (κ3) is 5.88. The molecule has 0 saturated carbocycles. The van der Waals surface area contributed by atoms with Gasteiger partial charge in [0.2, 0.25) is 15.9 Å². The highest BCUT2D eigenvalue weighted by atomic mass is 32.2. The number of hydrogen-bond donors (Lipinski definition) is 1. The molecule has 0 bridgehead atoms. The molecule has 6 nitrogen and oxygen atoms in total. The second kappa shape index (κ2) is 10.3. The SMILES string of the molecule is CC[C@H](NC(=O)[C@@H](C)N(c1ccc(Oc2ccccc2)cc1)S(C)(=O)=O)c1ccccc1. The molecule has 1 N–H and O–H groups in total. The first-order chi connectivity index (χ1) is 15.3. The van der Waals surface area contributed by atoms with Crippen LogP contribution in [0.25, 0.3) is 0 Å². The molecule has 168 valence electrons. The van der Waals surface area contributed by atoms with Gasteiger partial charge in [0.05, 0.1) is 18.0 Å². The number of amides is 1. The average Bonchev–Trinajstić information content (AvgIpc) is 2.79. The minimum absolute atomic E-state index is 0.200. The molecule has 0 aliphatic heterocycles. The Hall–Kier alpha value is -3.32. The van der Waals surface area contributed by atoms with Crippen LogP contribution in [0.2, 0.25) is 0 Å². The first-order valence-electron chi connectivity index (χ1n) is 10.5. The lowest BCUT2D eigenvalue weighted by Crippen LogP contribution is -2.48. The maximum absolute atomic E-state index is 13.0. The standard InChI is InChI=1S/C25H28N2O4S/c1-4-24(20-11-7-5-8-12-20)26-25(28)19(2)27(32(3,29)30)21-15-17-23(18-16-21)31-22-13-9-6-10-14-22/h5-19,24H,4H2,1-3H3,(H,26,28)/t19-,24+/m1/s1. The number of carbonyl (C=O) groups is 1. The molecule has 0 aliphatic carbocycles. The topological polar surface area (TPSA) is 75.7 Å². The zero-order chi connectivity index (χ0) is 23.1. The summed E-state index contributed by atoms with van der Waals surface area (Å²) in [6, 6.07) is 24.4. The van der Waals surface area contributed by atoms with Crippen LogP contribution in [0.3, 0.4) is 0 Å². The molecule has 0 heterocycles. The van der Waals surface area contributed by atoms with Crippen molar-refractivity contribution in [2.24, 2.45) is 0 Å². The molecule has 7 heteroatoms. The molecule has 0 aliphatic rings. The highest BCUT2D eigenvalue weighted by molar-refractivity contribution is 7.92. The van der Waals surface area contributed by atoms with Crippen LogP contribution in [0.4, 0.5) is 5.69 Å². The number of nitrogens with zero attached hydrogens (tertiary/aromatic N) is 1. The van der Waals surface area contributed by atoms with E-state index in [0.717, 1.165) is 16.1 Å². The second-order valence-corrected chi connectivity index (χ2v) is 9.38. The molecule has 0 unspecified atom stereocenters. The maximum Gasteiger partial charge on any atom is 0.244 e. The molecule has 3 aromatic rings. The molecule has 0 fully saturated rings. The van der Waals surface area contributed by atoms with E-state index in [4.69, 9.17) is 4.74 Å². The molecule has 0 spiro atoms. The number of hydrogen-bond acceptors (Lipinski definition) is 4. The smallest absolute Gasteiger partial charge is 0.244 e. The number of ether oxygens (including phenoxy) is 1. The Morgan fingerprint density at radius 1 is 0.906 bits per heavy atom. The van der Waals surface area contributed by atoms with Gasteiger partial charge in [-0.05, 0) is 55.3 Å². The summed E-state index contributed by atoms with van der Waals surface area (Å²) in [7, 11) is -3.71. The summed E-state index contributed by atoms with van der Waals surface area (Å²) < 4.78 is 32.1. The van der Waals surface area contributed by atoms with Crippen LogP contribution in [0.1, 0.15) is 31.9 Å². The molecule has 0 radical (unpaired) electrons. The zero-order valence-corrected chi connectivity index (χ0v) is 19.2. The Balaban J connectivity index is 1.79. The van der Waals surface area contributed by atoms with Crippen molar-refractivity contribution >= 4 is 21.6 Å². The van der Waals surface area contributed by atoms with E-state index >= 15 is 0 Å². The summed E-state index contributed by atoms with van der Waals surface area (Å²) in [6.45, 7) is 3.56. The van der Waals surface area contributed by atoms with Crippen molar-refractivity contribution in [3.05, 3.63) is 90.5 Å². The van der Waals surface area contributed by atoms with Gasteiger partial charge >= 0.3 is 0 Å². The summed E-state index contributed by atoms with van der Waals surface area (Å²) in [5.41, 5.74) is 1.37. The highest BCUT2D eigenvalue weighted by Gasteiger charge is 2.30. The van der Waals surface area contributed by atoms with Crippen molar-refractivity contribution in [1.29, 1.82) is 0 Å². The molecule has 2 atom stereocenters. The van der Waals surface area contributed by atoms with E-state index in [-0.39, 0.29) is 11.9 Å². The monoisotopic (exact) mass is 452 g/mol. The zero-order valence-electron chi connectivity index (χ0n) is 18.4. The Labute approximate surface area is 189 Å². The summed E-state index contributed by atoms with van der Waals surface area (Å²) >= 11 is 0. The summed E-state index contributed by atoms with van der Waals surface area (Å²) in [4.78, 5) is 13.0. The van der Waals surface area contributed by atoms with Crippen molar-refractivity contribution in [1.82, 2.24) is 5.32 Å². The van der Waals surface area contributed by atoms with Crippen LogP contribution in [-0.2, 0) is 14.8 Å². The quantitative estimate of drug-likeness (QED) is 0.501. The predicted molar refractivity (Wildman–Crippen MR) is 127 cm³/mol. The Bertz CT molecular complexity index is 1120. The number of nitrogens with one attached hydrogen (secondary N) is 1.